The average molecular weight is 300 g/mol. The number of hydrogen-bond donors (Lipinski definition) is 1. The molecule has 21 heavy (non-hydrogen) atoms. The first-order valence-electron chi connectivity index (χ1n) is 5.97. The van der Waals surface area contributed by atoms with E-state index in [1.807, 2.05) is 0 Å². The highest BCUT2D eigenvalue weighted by Gasteiger charge is 2.27. The van der Waals surface area contributed by atoms with Gasteiger partial charge in [-0.15, -0.1) is 11.3 Å². The summed E-state index contributed by atoms with van der Waals surface area (Å²) in [5, 5.41) is 12.0. The van der Waals surface area contributed by atoms with Crippen molar-refractivity contribution in [2.24, 2.45) is 0 Å². The lowest BCUT2D eigenvalue weighted by Crippen LogP contribution is -2.21. The van der Waals surface area contributed by atoms with Crippen molar-refractivity contribution in [3.8, 4) is 5.75 Å². The Bertz CT molecular complexity index is 905. The molecule has 0 unspecified atom stereocenters. The quantitative estimate of drug-likeness (QED) is 0.456. The topological polar surface area (TPSA) is 84.6 Å². The van der Waals surface area contributed by atoms with Gasteiger partial charge in [-0.05, 0) is 23.6 Å². The van der Waals surface area contributed by atoms with Crippen LogP contribution in [-0.4, -0.2) is 16.7 Å². The maximum absolute atomic E-state index is 12.2. The Hall–Kier alpha value is -2.73. The van der Waals surface area contributed by atoms with Crippen LogP contribution in [0.5, 0.6) is 5.75 Å². The number of ketones is 2. The molecule has 2 heterocycles. The van der Waals surface area contributed by atoms with Crippen LogP contribution in [0.25, 0.3) is 11.0 Å². The van der Waals surface area contributed by atoms with Gasteiger partial charge in [0.2, 0.25) is 11.6 Å². The molecule has 0 bridgehead atoms. The summed E-state index contributed by atoms with van der Waals surface area (Å²) in [5.41, 5.74) is -1.51. The first-order chi connectivity index (χ1) is 10.1. The summed E-state index contributed by atoms with van der Waals surface area (Å²) in [4.78, 5) is 36.3. The number of carbonyl (C=O) groups excluding carboxylic acids is 2. The summed E-state index contributed by atoms with van der Waals surface area (Å²) in [6, 6.07) is 9.34. The summed E-state index contributed by atoms with van der Waals surface area (Å²) >= 11 is 1.08. The minimum atomic E-state index is -1.07. The Kier molecular flexibility index (Phi) is 3.15. The van der Waals surface area contributed by atoms with E-state index in [1.54, 1.807) is 23.6 Å². The van der Waals surface area contributed by atoms with Gasteiger partial charge < -0.3 is 9.52 Å². The molecule has 104 valence electrons. The number of thiophene rings is 1. The van der Waals surface area contributed by atoms with E-state index in [1.165, 1.54) is 18.2 Å². The van der Waals surface area contributed by atoms with Crippen molar-refractivity contribution in [1.82, 2.24) is 0 Å². The van der Waals surface area contributed by atoms with Gasteiger partial charge in [0.15, 0.2) is 5.56 Å². The smallest absolute Gasteiger partial charge is 0.351 e. The van der Waals surface area contributed by atoms with Gasteiger partial charge in [-0.3, -0.25) is 9.59 Å². The van der Waals surface area contributed by atoms with Crippen molar-refractivity contribution in [3.05, 3.63) is 62.6 Å². The fraction of sp³-hybridized carbons (Fsp3) is 0. The molecule has 5 nitrogen and oxygen atoms in total. The van der Waals surface area contributed by atoms with E-state index in [2.05, 4.69) is 0 Å². The third kappa shape index (κ3) is 2.15. The summed E-state index contributed by atoms with van der Waals surface area (Å²) < 4.78 is 4.98. The molecule has 0 atom stereocenters. The number of carbonyl (C=O) groups is 2. The third-order valence-electron chi connectivity index (χ3n) is 2.96. The van der Waals surface area contributed by atoms with Gasteiger partial charge in [0.1, 0.15) is 11.3 Å². The lowest BCUT2D eigenvalue weighted by Gasteiger charge is -2.04. The molecule has 0 fully saturated rings. The molecule has 2 aromatic heterocycles. The van der Waals surface area contributed by atoms with Crippen LogP contribution in [0.2, 0.25) is 0 Å². The van der Waals surface area contributed by atoms with Crippen LogP contribution < -0.4 is 5.63 Å². The van der Waals surface area contributed by atoms with Crippen molar-refractivity contribution in [2.75, 3.05) is 0 Å². The fourth-order valence-electron chi connectivity index (χ4n) is 1.97. The second-order valence-electron chi connectivity index (χ2n) is 4.24. The average Bonchev–Trinajstić information content (AvgIpc) is 3.00. The van der Waals surface area contributed by atoms with Gasteiger partial charge in [-0.25, -0.2) is 4.79 Å². The van der Waals surface area contributed by atoms with Crippen molar-refractivity contribution in [2.45, 2.75) is 0 Å². The molecular weight excluding hydrogens is 292 g/mol. The van der Waals surface area contributed by atoms with Crippen molar-refractivity contribution >= 4 is 33.9 Å². The third-order valence-corrected chi connectivity index (χ3v) is 3.83. The molecule has 1 N–H and O–H groups in total. The molecule has 0 aliphatic heterocycles. The second-order valence-corrected chi connectivity index (χ2v) is 5.19. The minimum Gasteiger partial charge on any atom is -0.506 e. The summed E-state index contributed by atoms with van der Waals surface area (Å²) in [6.45, 7) is 0. The highest BCUT2D eigenvalue weighted by atomic mass is 32.1. The summed E-state index contributed by atoms with van der Waals surface area (Å²) in [7, 11) is 0. The van der Waals surface area contributed by atoms with Crippen LogP contribution in [0.1, 0.15) is 20.0 Å². The van der Waals surface area contributed by atoms with Gasteiger partial charge in [-0.1, -0.05) is 18.2 Å². The number of fused-ring (bicyclic) bond motifs is 1. The molecule has 0 saturated carbocycles. The molecule has 0 aliphatic rings. The van der Waals surface area contributed by atoms with Gasteiger partial charge in [0.25, 0.3) is 0 Å². The lowest BCUT2D eigenvalue weighted by atomic mass is 10.1. The van der Waals surface area contributed by atoms with Gasteiger partial charge in [0.05, 0.1) is 10.3 Å². The van der Waals surface area contributed by atoms with Crippen LogP contribution in [-0.2, 0) is 0 Å². The monoisotopic (exact) mass is 300 g/mol. The molecule has 0 radical (unpaired) electrons. The SMILES string of the molecule is O=C(C(=O)c1c(O)c2ccccc2oc1=O)c1cccs1. The van der Waals surface area contributed by atoms with E-state index >= 15 is 0 Å². The first kappa shape index (κ1) is 13.3. The zero-order valence-electron chi connectivity index (χ0n) is 10.5. The van der Waals surface area contributed by atoms with Crippen LogP contribution in [0.15, 0.2) is 51.0 Å². The molecule has 3 aromatic rings. The van der Waals surface area contributed by atoms with Crippen molar-refractivity contribution in [3.63, 3.8) is 0 Å². The second kappa shape index (κ2) is 4.99. The van der Waals surface area contributed by atoms with Crippen molar-refractivity contribution in [1.29, 1.82) is 0 Å². The van der Waals surface area contributed by atoms with E-state index in [-0.39, 0.29) is 15.8 Å². The zero-order valence-corrected chi connectivity index (χ0v) is 11.3. The number of hydrogen-bond acceptors (Lipinski definition) is 6. The Morgan fingerprint density at radius 2 is 1.81 bits per heavy atom. The molecule has 3 rings (SSSR count). The van der Waals surface area contributed by atoms with E-state index in [0.29, 0.717) is 0 Å². The van der Waals surface area contributed by atoms with E-state index in [0.717, 1.165) is 11.3 Å². The Morgan fingerprint density at radius 3 is 2.52 bits per heavy atom. The fourth-order valence-corrected chi connectivity index (χ4v) is 2.63. The van der Waals surface area contributed by atoms with E-state index in [4.69, 9.17) is 4.42 Å². The maximum Gasteiger partial charge on any atom is 0.351 e. The number of Topliss-reactive ketones (excluding diaryl/α,β-unsaturated/α-hetero) is 2. The largest absolute Gasteiger partial charge is 0.506 e. The predicted molar refractivity (Wildman–Crippen MR) is 77.1 cm³/mol. The van der Waals surface area contributed by atoms with E-state index in [9.17, 15) is 19.5 Å². The number of aromatic hydroxyl groups is 1. The Balaban J connectivity index is 2.19. The molecule has 0 aliphatic carbocycles. The van der Waals surface area contributed by atoms with Crippen LogP contribution in [0, 0.1) is 0 Å². The number of benzene rings is 1. The lowest BCUT2D eigenvalue weighted by molar-refractivity contribution is 0.0815. The van der Waals surface area contributed by atoms with Crippen LogP contribution in [0.3, 0.4) is 0 Å². The molecule has 0 amide bonds. The number of para-hydroxylation sites is 1. The molecule has 0 saturated heterocycles. The van der Waals surface area contributed by atoms with Gasteiger partial charge in [-0.2, -0.15) is 0 Å². The molecule has 6 heteroatoms. The highest BCUT2D eigenvalue weighted by molar-refractivity contribution is 7.13. The zero-order chi connectivity index (χ0) is 15.0. The molecule has 0 spiro atoms. The Morgan fingerprint density at radius 1 is 1.05 bits per heavy atom. The first-order valence-corrected chi connectivity index (χ1v) is 6.85. The summed E-state index contributed by atoms with van der Waals surface area (Å²) in [6.07, 6.45) is 0. The Labute approximate surface area is 122 Å². The highest BCUT2D eigenvalue weighted by Crippen LogP contribution is 2.27. The van der Waals surface area contributed by atoms with E-state index < -0.39 is 28.5 Å². The van der Waals surface area contributed by atoms with Crippen LogP contribution >= 0.6 is 11.3 Å². The number of rotatable bonds is 3. The predicted octanol–water partition coefficient (Wildman–Crippen LogP) is 2.63. The standard InChI is InChI=1S/C15H8O5S/c16-12-8-4-1-2-5-9(8)20-15(19)11(12)14(18)13(17)10-6-3-7-21-10/h1-7,16H. The molecule has 1 aromatic carbocycles. The van der Waals surface area contributed by atoms with Gasteiger partial charge >= 0.3 is 5.63 Å². The minimum absolute atomic E-state index is 0.153. The van der Waals surface area contributed by atoms with Crippen molar-refractivity contribution < 1.29 is 19.1 Å². The van der Waals surface area contributed by atoms with Gasteiger partial charge in [0, 0.05) is 0 Å². The summed E-state index contributed by atoms with van der Waals surface area (Å²) in [5.74, 6) is -2.45. The molecular formula is C15H8O5S. The normalized spacial score (nSPS) is 10.7. The maximum atomic E-state index is 12.2. The van der Waals surface area contributed by atoms with Crippen LogP contribution in [0.4, 0.5) is 0 Å².